The normalized spacial score (nSPS) is 13.0. The molecule has 15 heavy (non-hydrogen) atoms. The predicted octanol–water partition coefficient (Wildman–Crippen LogP) is 1.29. The Balaban J connectivity index is 2.23. The van der Waals surface area contributed by atoms with Crippen LogP contribution in [0.2, 0.25) is 0 Å². The molecular formula is C10H14N4O. The van der Waals surface area contributed by atoms with Gasteiger partial charge in [-0.3, -0.25) is 0 Å². The minimum Gasteiger partial charge on any atom is -0.368 e. The maximum atomic E-state index is 5.63. The lowest BCUT2D eigenvalue weighted by atomic mass is 10.3. The Bertz CT molecular complexity index is 463. The lowest BCUT2D eigenvalue weighted by Gasteiger charge is -2.07. The van der Waals surface area contributed by atoms with Gasteiger partial charge in [0, 0.05) is 24.8 Å². The second-order valence-corrected chi connectivity index (χ2v) is 3.69. The van der Waals surface area contributed by atoms with Gasteiger partial charge in [-0.25, -0.2) is 4.98 Å². The highest BCUT2D eigenvalue weighted by atomic mass is 16.5. The fraction of sp³-hybridized carbons (Fsp3) is 0.400. The Morgan fingerprint density at radius 1 is 1.60 bits per heavy atom. The fourth-order valence-electron chi connectivity index (χ4n) is 1.31. The van der Waals surface area contributed by atoms with E-state index in [1.165, 1.54) is 0 Å². The number of fused-ring (bicyclic) bond motifs is 1. The Labute approximate surface area is 87.6 Å². The molecule has 80 valence electrons. The molecule has 2 aromatic rings. The van der Waals surface area contributed by atoms with E-state index in [1.54, 1.807) is 6.20 Å². The Morgan fingerprint density at radius 2 is 2.40 bits per heavy atom. The summed E-state index contributed by atoms with van der Waals surface area (Å²) in [6.07, 6.45) is 1.75. The van der Waals surface area contributed by atoms with E-state index in [2.05, 4.69) is 15.5 Å². The molecule has 1 atom stereocenters. The van der Waals surface area contributed by atoms with Crippen molar-refractivity contribution in [2.24, 2.45) is 5.73 Å². The number of aryl methyl sites for hydroxylation is 1. The average molecular weight is 206 g/mol. The smallest absolute Gasteiger partial charge is 0.172 e. The van der Waals surface area contributed by atoms with Gasteiger partial charge in [0.25, 0.3) is 0 Å². The molecule has 2 heterocycles. The number of pyridine rings is 1. The Kier molecular flexibility index (Phi) is 2.55. The van der Waals surface area contributed by atoms with Gasteiger partial charge in [-0.05, 0) is 13.8 Å². The van der Waals surface area contributed by atoms with Crippen molar-refractivity contribution in [3.63, 3.8) is 0 Å². The molecule has 2 rings (SSSR count). The minimum absolute atomic E-state index is 0.0963. The maximum absolute atomic E-state index is 5.63. The van der Waals surface area contributed by atoms with Crippen molar-refractivity contribution in [3.05, 3.63) is 18.0 Å². The summed E-state index contributed by atoms with van der Waals surface area (Å²) in [5.74, 6) is 0.760. The van der Waals surface area contributed by atoms with Crippen LogP contribution in [-0.4, -0.2) is 22.7 Å². The van der Waals surface area contributed by atoms with Crippen LogP contribution in [0, 0.1) is 6.92 Å². The quantitative estimate of drug-likeness (QED) is 0.791. The number of nitrogens with zero attached hydrogens (tertiary/aromatic N) is 2. The van der Waals surface area contributed by atoms with E-state index in [1.807, 2.05) is 19.9 Å². The summed E-state index contributed by atoms with van der Waals surface area (Å²) in [6.45, 7) is 4.51. The van der Waals surface area contributed by atoms with Crippen LogP contribution in [0.25, 0.3) is 11.0 Å². The van der Waals surface area contributed by atoms with Gasteiger partial charge in [0.1, 0.15) is 5.82 Å². The highest BCUT2D eigenvalue weighted by molar-refractivity contribution is 5.80. The highest BCUT2D eigenvalue weighted by Gasteiger charge is 2.05. The summed E-state index contributed by atoms with van der Waals surface area (Å²) in [5.41, 5.74) is 7.23. The third-order valence-electron chi connectivity index (χ3n) is 2.14. The second-order valence-electron chi connectivity index (χ2n) is 3.69. The predicted molar refractivity (Wildman–Crippen MR) is 58.7 cm³/mol. The molecule has 0 aliphatic heterocycles. The molecule has 5 heteroatoms. The SMILES string of the molecule is Cc1noc2cc(NCC(C)N)ncc12. The summed E-state index contributed by atoms with van der Waals surface area (Å²) in [4.78, 5) is 4.25. The molecule has 0 aliphatic rings. The van der Waals surface area contributed by atoms with Crippen molar-refractivity contribution in [2.75, 3.05) is 11.9 Å². The van der Waals surface area contributed by atoms with E-state index in [4.69, 9.17) is 10.3 Å². The monoisotopic (exact) mass is 206 g/mol. The molecular weight excluding hydrogens is 192 g/mol. The van der Waals surface area contributed by atoms with Crippen LogP contribution < -0.4 is 11.1 Å². The Hall–Kier alpha value is -1.62. The summed E-state index contributed by atoms with van der Waals surface area (Å²) in [7, 11) is 0. The number of hydrogen-bond acceptors (Lipinski definition) is 5. The molecule has 1 unspecified atom stereocenters. The summed E-state index contributed by atoms with van der Waals surface area (Å²) >= 11 is 0. The van der Waals surface area contributed by atoms with Crippen LogP contribution in [-0.2, 0) is 0 Å². The first-order chi connectivity index (χ1) is 7.16. The topological polar surface area (TPSA) is 77.0 Å². The van der Waals surface area contributed by atoms with Crippen LogP contribution in [0.3, 0.4) is 0 Å². The van der Waals surface area contributed by atoms with Gasteiger partial charge in [0.15, 0.2) is 5.58 Å². The van der Waals surface area contributed by atoms with E-state index in [-0.39, 0.29) is 6.04 Å². The number of anilines is 1. The zero-order chi connectivity index (χ0) is 10.8. The second kappa shape index (κ2) is 3.86. The maximum Gasteiger partial charge on any atom is 0.172 e. The first kappa shape index (κ1) is 9.92. The lowest BCUT2D eigenvalue weighted by Crippen LogP contribution is -2.25. The summed E-state index contributed by atoms with van der Waals surface area (Å²) in [5, 5.41) is 7.93. The number of nitrogens with two attached hydrogens (primary N) is 1. The van der Waals surface area contributed by atoms with Crippen LogP contribution in [0.15, 0.2) is 16.8 Å². The number of hydrogen-bond donors (Lipinski definition) is 2. The molecule has 0 radical (unpaired) electrons. The zero-order valence-electron chi connectivity index (χ0n) is 8.82. The first-order valence-corrected chi connectivity index (χ1v) is 4.88. The van der Waals surface area contributed by atoms with Crippen molar-refractivity contribution in [1.82, 2.24) is 10.1 Å². The van der Waals surface area contributed by atoms with E-state index < -0.39 is 0 Å². The van der Waals surface area contributed by atoms with Gasteiger partial charge in [-0.2, -0.15) is 0 Å². The number of nitrogens with one attached hydrogen (secondary N) is 1. The molecule has 5 nitrogen and oxygen atoms in total. The molecule has 3 N–H and O–H groups in total. The molecule has 2 aromatic heterocycles. The van der Waals surface area contributed by atoms with E-state index >= 15 is 0 Å². The molecule has 0 fully saturated rings. The number of aromatic nitrogens is 2. The summed E-state index contributed by atoms with van der Waals surface area (Å²) < 4.78 is 5.13. The van der Waals surface area contributed by atoms with E-state index in [0.717, 1.165) is 22.5 Å². The number of rotatable bonds is 3. The van der Waals surface area contributed by atoms with Crippen molar-refractivity contribution in [1.29, 1.82) is 0 Å². The zero-order valence-corrected chi connectivity index (χ0v) is 8.82. The van der Waals surface area contributed by atoms with Gasteiger partial charge < -0.3 is 15.6 Å². The van der Waals surface area contributed by atoms with Crippen LogP contribution in [0.4, 0.5) is 5.82 Å². The molecule has 0 saturated heterocycles. The van der Waals surface area contributed by atoms with Gasteiger partial charge in [-0.15, -0.1) is 0 Å². The van der Waals surface area contributed by atoms with Gasteiger partial charge in [0.05, 0.1) is 11.1 Å². The fourth-order valence-corrected chi connectivity index (χ4v) is 1.31. The molecule has 0 spiro atoms. The van der Waals surface area contributed by atoms with Crippen LogP contribution in [0.1, 0.15) is 12.6 Å². The van der Waals surface area contributed by atoms with Crippen molar-refractivity contribution in [3.8, 4) is 0 Å². The third-order valence-corrected chi connectivity index (χ3v) is 2.14. The van der Waals surface area contributed by atoms with Crippen molar-refractivity contribution in [2.45, 2.75) is 19.9 Å². The lowest BCUT2D eigenvalue weighted by molar-refractivity contribution is 0.450. The first-order valence-electron chi connectivity index (χ1n) is 4.88. The third kappa shape index (κ3) is 2.07. The van der Waals surface area contributed by atoms with E-state index in [0.29, 0.717) is 6.54 Å². The standard InChI is InChI=1S/C10H14N4O/c1-6(11)4-12-10-3-9-8(5-13-10)7(2)14-15-9/h3,5-6H,4,11H2,1-2H3,(H,12,13). The largest absolute Gasteiger partial charge is 0.368 e. The highest BCUT2D eigenvalue weighted by Crippen LogP contribution is 2.19. The van der Waals surface area contributed by atoms with Gasteiger partial charge in [0.2, 0.25) is 0 Å². The molecule has 0 amide bonds. The van der Waals surface area contributed by atoms with E-state index in [9.17, 15) is 0 Å². The van der Waals surface area contributed by atoms with Crippen LogP contribution in [0.5, 0.6) is 0 Å². The molecule has 0 saturated carbocycles. The molecule has 0 bridgehead atoms. The van der Waals surface area contributed by atoms with Crippen molar-refractivity contribution >= 4 is 16.8 Å². The Morgan fingerprint density at radius 3 is 3.13 bits per heavy atom. The van der Waals surface area contributed by atoms with Crippen molar-refractivity contribution < 1.29 is 4.52 Å². The average Bonchev–Trinajstić information content (AvgIpc) is 2.57. The van der Waals surface area contributed by atoms with Gasteiger partial charge >= 0.3 is 0 Å². The molecule has 0 aromatic carbocycles. The van der Waals surface area contributed by atoms with Crippen LogP contribution >= 0.6 is 0 Å². The molecule has 0 aliphatic carbocycles. The summed E-state index contributed by atoms with van der Waals surface area (Å²) in [6, 6.07) is 1.93. The van der Waals surface area contributed by atoms with Gasteiger partial charge in [-0.1, -0.05) is 5.16 Å². The minimum atomic E-state index is 0.0963.